The van der Waals surface area contributed by atoms with Crippen molar-refractivity contribution >= 4 is 5.78 Å². The number of Topliss-reactive ketones (excluding diaryl/α,β-unsaturated/α-hetero) is 1. The summed E-state index contributed by atoms with van der Waals surface area (Å²) in [5.74, 6) is 1.97. The van der Waals surface area contributed by atoms with E-state index in [9.17, 15) is 4.79 Å². The van der Waals surface area contributed by atoms with Gasteiger partial charge in [0, 0.05) is 0 Å². The Hall–Kier alpha value is -1.11. The van der Waals surface area contributed by atoms with E-state index in [2.05, 4.69) is 37.3 Å². The number of ketones is 1. The first-order chi connectivity index (χ1) is 9.09. The van der Waals surface area contributed by atoms with Gasteiger partial charge < -0.3 is 4.79 Å². The van der Waals surface area contributed by atoms with Crippen LogP contribution in [0, 0.1) is 5.92 Å². The van der Waals surface area contributed by atoms with E-state index in [0.717, 1.165) is 11.8 Å². The van der Waals surface area contributed by atoms with Crippen molar-refractivity contribution in [2.24, 2.45) is 5.92 Å². The lowest BCUT2D eigenvalue weighted by Gasteiger charge is -2.26. The molecule has 0 atom stereocenters. The third-order valence-corrected chi connectivity index (χ3v) is 3.29. The minimum atomic E-state index is 0.167. The SMILES string of the molecule is CC.CC(C)=O.CC1CCC(c2ccccc2)CC1. The Kier molecular flexibility index (Phi) is 10.1. The number of benzene rings is 1. The van der Waals surface area contributed by atoms with Crippen LogP contribution in [0.5, 0.6) is 0 Å². The molecular weight excluding hydrogens is 232 g/mol. The predicted octanol–water partition coefficient (Wildman–Crippen LogP) is 5.60. The Bertz CT molecular complexity index is 317. The van der Waals surface area contributed by atoms with Crippen LogP contribution in [0.2, 0.25) is 0 Å². The number of rotatable bonds is 1. The van der Waals surface area contributed by atoms with Gasteiger partial charge in [-0.2, -0.15) is 0 Å². The summed E-state index contributed by atoms with van der Waals surface area (Å²) < 4.78 is 0. The van der Waals surface area contributed by atoms with Crippen LogP contribution in [-0.4, -0.2) is 5.78 Å². The van der Waals surface area contributed by atoms with Crippen molar-refractivity contribution in [3.63, 3.8) is 0 Å². The molecule has 108 valence electrons. The van der Waals surface area contributed by atoms with Gasteiger partial charge in [-0.1, -0.05) is 63.9 Å². The minimum absolute atomic E-state index is 0.167. The van der Waals surface area contributed by atoms with Crippen molar-refractivity contribution < 1.29 is 4.79 Å². The smallest absolute Gasteiger partial charge is 0.126 e. The molecule has 1 saturated carbocycles. The summed E-state index contributed by atoms with van der Waals surface area (Å²) in [4.78, 5) is 9.44. The maximum atomic E-state index is 9.44. The molecule has 0 saturated heterocycles. The van der Waals surface area contributed by atoms with E-state index in [1.807, 2.05) is 13.8 Å². The average Bonchev–Trinajstić information content (AvgIpc) is 2.42. The van der Waals surface area contributed by atoms with Gasteiger partial charge in [-0.05, 0) is 44.1 Å². The van der Waals surface area contributed by atoms with Gasteiger partial charge in [0.2, 0.25) is 0 Å². The number of carbonyl (C=O) groups excluding carboxylic acids is 1. The van der Waals surface area contributed by atoms with E-state index in [-0.39, 0.29) is 5.78 Å². The first kappa shape index (κ1) is 17.9. The van der Waals surface area contributed by atoms with Crippen LogP contribution in [0.3, 0.4) is 0 Å². The molecule has 1 aromatic rings. The normalized spacial score (nSPS) is 21.3. The van der Waals surface area contributed by atoms with Crippen LogP contribution in [0.1, 0.15) is 71.8 Å². The van der Waals surface area contributed by atoms with Crippen molar-refractivity contribution in [2.75, 3.05) is 0 Å². The molecule has 0 amide bonds. The third-order valence-electron chi connectivity index (χ3n) is 3.29. The highest BCUT2D eigenvalue weighted by Gasteiger charge is 2.18. The molecule has 1 fully saturated rings. The van der Waals surface area contributed by atoms with E-state index < -0.39 is 0 Å². The van der Waals surface area contributed by atoms with E-state index in [1.165, 1.54) is 39.5 Å². The van der Waals surface area contributed by atoms with Crippen LogP contribution >= 0.6 is 0 Å². The van der Waals surface area contributed by atoms with Crippen LogP contribution in [0.25, 0.3) is 0 Å². The second kappa shape index (κ2) is 10.8. The fourth-order valence-corrected chi connectivity index (χ4v) is 2.32. The standard InChI is InChI=1S/C13H18.C3H6O.C2H6/c1-11-7-9-13(10-8-11)12-5-3-2-4-6-12;1-3(2)4;1-2/h2-6,11,13H,7-10H2,1H3;1-2H3;1-2H3. The highest BCUT2D eigenvalue weighted by Crippen LogP contribution is 2.35. The Morgan fingerprint density at radius 1 is 0.947 bits per heavy atom. The molecule has 0 spiro atoms. The number of hydrogen-bond donors (Lipinski definition) is 0. The lowest BCUT2D eigenvalue weighted by atomic mass is 9.79. The zero-order valence-corrected chi connectivity index (χ0v) is 13.3. The molecule has 0 aromatic heterocycles. The maximum absolute atomic E-state index is 9.44. The van der Waals surface area contributed by atoms with Crippen molar-refractivity contribution in [3.8, 4) is 0 Å². The third kappa shape index (κ3) is 8.58. The molecule has 0 heterocycles. The summed E-state index contributed by atoms with van der Waals surface area (Å²) in [6, 6.07) is 11.0. The van der Waals surface area contributed by atoms with Crippen molar-refractivity contribution in [1.29, 1.82) is 0 Å². The van der Waals surface area contributed by atoms with Gasteiger partial charge in [-0.15, -0.1) is 0 Å². The molecule has 1 nitrogen and oxygen atoms in total. The van der Waals surface area contributed by atoms with Crippen molar-refractivity contribution in [2.45, 2.75) is 66.2 Å². The monoisotopic (exact) mass is 262 g/mol. The second-order valence-corrected chi connectivity index (χ2v) is 5.28. The predicted molar refractivity (Wildman–Crippen MR) is 84.5 cm³/mol. The first-order valence-electron chi connectivity index (χ1n) is 7.61. The lowest BCUT2D eigenvalue weighted by molar-refractivity contribution is -0.114. The largest absolute Gasteiger partial charge is 0.300 e. The molecular formula is C18H30O. The van der Waals surface area contributed by atoms with E-state index >= 15 is 0 Å². The molecule has 2 rings (SSSR count). The molecule has 1 aliphatic carbocycles. The summed E-state index contributed by atoms with van der Waals surface area (Å²) in [7, 11) is 0. The minimum Gasteiger partial charge on any atom is -0.300 e. The molecule has 0 radical (unpaired) electrons. The van der Waals surface area contributed by atoms with Crippen LogP contribution in [0.4, 0.5) is 0 Å². The van der Waals surface area contributed by atoms with E-state index in [4.69, 9.17) is 0 Å². The molecule has 0 unspecified atom stereocenters. The Labute approximate surface area is 119 Å². The van der Waals surface area contributed by atoms with E-state index in [1.54, 1.807) is 5.56 Å². The molecule has 19 heavy (non-hydrogen) atoms. The highest BCUT2D eigenvalue weighted by atomic mass is 16.1. The quantitative estimate of drug-likeness (QED) is 0.643. The van der Waals surface area contributed by atoms with Gasteiger partial charge in [0.05, 0.1) is 0 Å². The van der Waals surface area contributed by atoms with Gasteiger partial charge in [0.25, 0.3) is 0 Å². The molecule has 1 heteroatoms. The van der Waals surface area contributed by atoms with Crippen LogP contribution < -0.4 is 0 Å². The van der Waals surface area contributed by atoms with Crippen molar-refractivity contribution in [1.82, 2.24) is 0 Å². The lowest BCUT2D eigenvalue weighted by Crippen LogP contribution is -2.10. The topological polar surface area (TPSA) is 17.1 Å². The molecule has 1 aliphatic rings. The summed E-state index contributed by atoms with van der Waals surface area (Å²) in [5, 5.41) is 0. The van der Waals surface area contributed by atoms with Gasteiger partial charge in [-0.3, -0.25) is 0 Å². The first-order valence-corrected chi connectivity index (χ1v) is 7.61. The summed E-state index contributed by atoms with van der Waals surface area (Å²) in [6.45, 7) is 9.43. The molecule has 0 N–H and O–H groups in total. The highest BCUT2D eigenvalue weighted by molar-refractivity contribution is 5.72. The summed E-state index contributed by atoms with van der Waals surface area (Å²) in [5.41, 5.74) is 1.55. The van der Waals surface area contributed by atoms with Crippen LogP contribution in [-0.2, 0) is 4.79 Å². The summed E-state index contributed by atoms with van der Waals surface area (Å²) in [6.07, 6.45) is 5.62. The zero-order valence-electron chi connectivity index (χ0n) is 13.3. The van der Waals surface area contributed by atoms with Gasteiger partial charge in [0.15, 0.2) is 0 Å². The van der Waals surface area contributed by atoms with Gasteiger partial charge in [0.1, 0.15) is 5.78 Å². The van der Waals surface area contributed by atoms with Gasteiger partial charge in [-0.25, -0.2) is 0 Å². The Morgan fingerprint density at radius 2 is 1.37 bits per heavy atom. The summed E-state index contributed by atoms with van der Waals surface area (Å²) >= 11 is 0. The molecule has 0 bridgehead atoms. The molecule has 1 aromatic carbocycles. The van der Waals surface area contributed by atoms with E-state index in [0.29, 0.717) is 0 Å². The molecule has 0 aliphatic heterocycles. The maximum Gasteiger partial charge on any atom is 0.126 e. The zero-order chi connectivity index (χ0) is 14.7. The fraction of sp³-hybridized carbons (Fsp3) is 0.611. The fourth-order valence-electron chi connectivity index (χ4n) is 2.32. The Morgan fingerprint density at radius 3 is 1.79 bits per heavy atom. The van der Waals surface area contributed by atoms with Crippen molar-refractivity contribution in [3.05, 3.63) is 35.9 Å². The van der Waals surface area contributed by atoms with Gasteiger partial charge >= 0.3 is 0 Å². The second-order valence-electron chi connectivity index (χ2n) is 5.28. The van der Waals surface area contributed by atoms with Crippen LogP contribution in [0.15, 0.2) is 30.3 Å². The number of carbonyl (C=O) groups is 1. The Balaban J connectivity index is 0.000000467. The number of hydrogen-bond acceptors (Lipinski definition) is 1. The average molecular weight is 262 g/mol.